The molecular weight excluding hydrogens is 921 g/mol. The van der Waals surface area contributed by atoms with Crippen LogP contribution in [0.15, 0.2) is 12.2 Å². The number of esters is 1. The highest BCUT2D eigenvalue weighted by Crippen LogP contribution is 2.27. The Hall–Kier alpha value is -1.27. The van der Waals surface area contributed by atoms with Crippen molar-refractivity contribution >= 4 is 5.97 Å². The summed E-state index contributed by atoms with van der Waals surface area (Å²) in [7, 11) is 0. The summed E-state index contributed by atoms with van der Waals surface area (Å²) in [6.45, 7) is 3.70. The van der Waals surface area contributed by atoms with Crippen LogP contribution >= 0.6 is 0 Å². The molecule has 72 heavy (non-hydrogen) atoms. The Morgan fingerprint density at radius 1 is 0.444 bits per heavy atom. The number of aliphatic hydroxyl groups is 7. The lowest BCUT2D eigenvalue weighted by Gasteiger charge is -2.42. The highest BCUT2D eigenvalue weighted by Gasteiger charge is 2.47. The van der Waals surface area contributed by atoms with E-state index in [-0.39, 0.29) is 25.6 Å². The lowest BCUT2D eigenvalue weighted by molar-refractivity contribution is -0.332. The molecule has 2 aliphatic rings. The van der Waals surface area contributed by atoms with Crippen LogP contribution in [0.5, 0.6) is 0 Å². The van der Waals surface area contributed by atoms with Crippen molar-refractivity contribution < 1.29 is 69.0 Å². The minimum Gasteiger partial charge on any atom is -0.457 e. The third-order valence-corrected chi connectivity index (χ3v) is 14.5. The number of carbonyl (C=O) groups is 1. The van der Waals surface area contributed by atoms with Gasteiger partial charge in [-0.05, 0) is 38.5 Å². The summed E-state index contributed by atoms with van der Waals surface area (Å²) in [6, 6.07) is 0. The van der Waals surface area contributed by atoms with Crippen LogP contribution in [0, 0.1) is 0 Å². The fourth-order valence-electron chi connectivity index (χ4n) is 9.69. The first-order chi connectivity index (χ1) is 35.1. The van der Waals surface area contributed by atoms with E-state index in [2.05, 4.69) is 26.0 Å². The van der Waals surface area contributed by atoms with E-state index >= 15 is 0 Å². The largest absolute Gasteiger partial charge is 0.457 e. The maximum atomic E-state index is 13.1. The zero-order valence-corrected chi connectivity index (χ0v) is 45.7. The summed E-state index contributed by atoms with van der Waals surface area (Å²) in [5.74, 6) is -0.372. The first kappa shape index (κ1) is 66.8. The first-order valence-corrected chi connectivity index (χ1v) is 29.8. The predicted octanol–water partition coefficient (Wildman–Crippen LogP) is 10.6. The van der Waals surface area contributed by atoms with Crippen molar-refractivity contribution in [3.05, 3.63) is 12.2 Å². The molecule has 2 saturated heterocycles. The second kappa shape index (κ2) is 45.9. The van der Waals surface area contributed by atoms with Gasteiger partial charge in [0, 0.05) is 13.0 Å². The minimum absolute atomic E-state index is 0.0629. The molecule has 0 aromatic carbocycles. The van der Waals surface area contributed by atoms with Crippen molar-refractivity contribution in [2.75, 3.05) is 33.0 Å². The van der Waals surface area contributed by atoms with E-state index in [4.69, 9.17) is 28.4 Å². The molecule has 14 heteroatoms. The maximum Gasteiger partial charge on any atom is 0.306 e. The summed E-state index contributed by atoms with van der Waals surface area (Å²) in [4.78, 5) is 13.1. The molecule has 0 saturated carbocycles. The van der Waals surface area contributed by atoms with Crippen LogP contribution in [0.1, 0.15) is 251 Å². The Morgan fingerprint density at radius 2 is 0.819 bits per heavy atom. The summed E-state index contributed by atoms with van der Waals surface area (Å²) >= 11 is 0. The lowest BCUT2D eigenvalue weighted by Crippen LogP contribution is -2.61. The molecule has 426 valence electrons. The Bertz CT molecular complexity index is 1240. The van der Waals surface area contributed by atoms with E-state index < -0.39 is 80.7 Å². The smallest absolute Gasteiger partial charge is 0.306 e. The molecule has 0 amide bonds. The second-order valence-electron chi connectivity index (χ2n) is 21.2. The van der Waals surface area contributed by atoms with Gasteiger partial charge in [-0.2, -0.15) is 0 Å². The van der Waals surface area contributed by atoms with E-state index in [0.29, 0.717) is 13.0 Å². The molecule has 0 aromatic rings. The first-order valence-electron chi connectivity index (χ1n) is 29.8. The Morgan fingerprint density at radius 3 is 1.29 bits per heavy atom. The summed E-state index contributed by atoms with van der Waals surface area (Å²) in [5.41, 5.74) is 0. The Kier molecular flexibility index (Phi) is 42.6. The predicted molar refractivity (Wildman–Crippen MR) is 284 cm³/mol. The molecule has 2 aliphatic heterocycles. The molecule has 14 nitrogen and oxygen atoms in total. The number of hydrogen-bond donors (Lipinski definition) is 7. The average molecular weight is 1030 g/mol. The van der Waals surface area contributed by atoms with Crippen LogP contribution < -0.4 is 0 Å². The van der Waals surface area contributed by atoms with Gasteiger partial charge in [-0.1, -0.05) is 219 Å². The van der Waals surface area contributed by atoms with Gasteiger partial charge < -0.3 is 64.2 Å². The SMILES string of the molecule is CCCCC/C=C\CCCCCCCCOCC(COC1OC(COC2OC(CO)C(O)C(O)C2O)C(O)C(O)C1O)OC(=O)CCCCCCCCCCCCCCCCCCCCCCCCCCC. The van der Waals surface area contributed by atoms with E-state index in [1.165, 1.54) is 180 Å². The molecule has 0 aliphatic carbocycles. The van der Waals surface area contributed by atoms with Crippen LogP contribution in [0.25, 0.3) is 0 Å². The van der Waals surface area contributed by atoms with E-state index in [9.17, 15) is 40.5 Å². The zero-order chi connectivity index (χ0) is 52.3. The van der Waals surface area contributed by atoms with Crippen LogP contribution in [0.3, 0.4) is 0 Å². The Balaban J connectivity index is 1.66. The van der Waals surface area contributed by atoms with E-state index in [1.54, 1.807) is 0 Å². The van der Waals surface area contributed by atoms with Gasteiger partial charge >= 0.3 is 5.97 Å². The third kappa shape index (κ3) is 32.3. The second-order valence-corrected chi connectivity index (χ2v) is 21.2. The molecule has 0 radical (unpaired) electrons. The van der Waals surface area contributed by atoms with Crippen molar-refractivity contribution in [1.29, 1.82) is 0 Å². The molecule has 11 unspecified atom stereocenters. The molecule has 2 rings (SSSR count). The minimum atomic E-state index is -1.70. The zero-order valence-electron chi connectivity index (χ0n) is 45.7. The quantitative estimate of drug-likeness (QED) is 0.0172. The number of aliphatic hydroxyl groups excluding tert-OH is 7. The van der Waals surface area contributed by atoms with Crippen molar-refractivity contribution in [2.45, 2.75) is 319 Å². The van der Waals surface area contributed by atoms with Gasteiger partial charge in [0.1, 0.15) is 54.9 Å². The third-order valence-electron chi connectivity index (χ3n) is 14.5. The van der Waals surface area contributed by atoms with Gasteiger partial charge in [0.2, 0.25) is 0 Å². The number of carbonyl (C=O) groups excluding carboxylic acids is 1. The average Bonchev–Trinajstić information content (AvgIpc) is 3.38. The van der Waals surface area contributed by atoms with Crippen molar-refractivity contribution in [1.82, 2.24) is 0 Å². The number of hydrogen-bond acceptors (Lipinski definition) is 14. The number of ether oxygens (including phenoxy) is 6. The lowest BCUT2D eigenvalue weighted by atomic mass is 9.98. The standard InChI is InChI=1S/C58H110O14/c1-3-5-7-9-11-13-15-17-18-19-20-21-22-23-24-25-26-27-28-29-31-33-35-37-39-41-50(60)70-47(44-67-42-40-38-36-34-32-30-16-14-12-10-8-6-4-2)45-68-57-56(66)54(64)52(62)49(72-57)46-69-58-55(65)53(63)51(61)48(43-59)71-58/h12,14,47-49,51-59,61-66H,3-11,13,15-46H2,1-2H3/b14-12-. The summed E-state index contributed by atoms with van der Waals surface area (Å²) < 4.78 is 34.4. The van der Waals surface area contributed by atoms with Gasteiger partial charge in [-0.25, -0.2) is 0 Å². The summed E-state index contributed by atoms with van der Waals surface area (Å²) in [5, 5.41) is 72.3. The molecule has 2 fully saturated rings. The van der Waals surface area contributed by atoms with E-state index in [0.717, 1.165) is 44.9 Å². The molecule has 0 spiro atoms. The van der Waals surface area contributed by atoms with Crippen LogP contribution in [-0.2, 0) is 33.2 Å². The molecule has 7 N–H and O–H groups in total. The molecular formula is C58H110O14. The fourth-order valence-corrected chi connectivity index (χ4v) is 9.69. The normalized spacial score (nSPS) is 25.1. The highest BCUT2D eigenvalue weighted by molar-refractivity contribution is 5.69. The van der Waals surface area contributed by atoms with Gasteiger partial charge in [0.05, 0.1) is 26.4 Å². The molecule has 0 bridgehead atoms. The highest BCUT2D eigenvalue weighted by atomic mass is 16.7. The van der Waals surface area contributed by atoms with Crippen LogP contribution in [0.4, 0.5) is 0 Å². The van der Waals surface area contributed by atoms with Crippen molar-refractivity contribution in [3.8, 4) is 0 Å². The number of unbranched alkanes of at least 4 members (excludes halogenated alkanes) is 33. The maximum absolute atomic E-state index is 13.1. The van der Waals surface area contributed by atoms with Crippen LogP contribution in [-0.4, -0.2) is 142 Å². The van der Waals surface area contributed by atoms with Gasteiger partial charge in [0.25, 0.3) is 0 Å². The van der Waals surface area contributed by atoms with E-state index in [1.807, 2.05) is 0 Å². The Labute approximate surface area is 437 Å². The molecule has 0 aromatic heterocycles. The van der Waals surface area contributed by atoms with Crippen molar-refractivity contribution in [3.63, 3.8) is 0 Å². The topological polar surface area (TPSA) is 214 Å². The monoisotopic (exact) mass is 1030 g/mol. The van der Waals surface area contributed by atoms with Gasteiger partial charge in [-0.15, -0.1) is 0 Å². The fraction of sp³-hybridized carbons (Fsp3) is 0.948. The number of allylic oxidation sites excluding steroid dienone is 2. The number of rotatable bonds is 49. The van der Waals surface area contributed by atoms with Gasteiger partial charge in [0.15, 0.2) is 12.6 Å². The van der Waals surface area contributed by atoms with Crippen molar-refractivity contribution in [2.24, 2.45) is 0 Å². The molecule has 11 atom stereocenters. The molecule has 2 heterocycles. The summed E-state index contributed by atoms with van der Waals surface area (Å²) in [6.07, 6.45) is 34.3. The van der Waals surface area contributed by atoms with Crippen LogP contribution in [0.2, 0.25) is 0 Å². The van der Waals surface area contributed by atoms with Gasteiger partial charge in [-0.3, -0.25) is 4.79 Å².